The molecule has 1 aromatic carbocycles. The molecule has 0 saturated carbocycles. The predicted molar refractivity (Wildman–Crippen MR) is 77.3 cm³/mol. The first-order valence-corrected chi connectivity index (χ1v) is 6.77. The molecule has 1 saturated heterocycles. The summed E-state index contributed by atoms with van der Waals surface area (Å²) in [6, 6.07) is 8.58. The van der Waals surface area contributed by atoms with E-state index in [1.807, 2.05) is 6.92 Å². The van der Waals surface area contributed by atoms with E-state index in [2.05, 4.69) is 48.4 Å². The third kappa shape index (κ3) is 2.38. The van der Waals surface area contributed by atoms with Gasteiger partial charge in [-0.2, -0.15) is 0 Å². The van der Waals surface area contributed by atoms with E-state index >= 15 is 0 Å². The maximum absolute atomic E-state index is 4.75. The summed E-state index contributed by atoms with van der Waals surface area (Å²) in [6.45, 7) is 8.31. The highest BCUT2D eigenvalue weighted by molar-refractivity contribution is 5.61. The molecular weight excluding hydrogens is 234 g/mol. The van der Waals surface area contributed by atoms with Gasteiger partial charge in [0.15, 0.2) is 0 Å². The molecule has 1 N–H and O–H groups in total. The first-order chi connectivity index (χ1) is 9.13. The van der Waals surface area contributed by atoms with E-state index in [0.29, 0.717) is 5.92 Å². The molecule has 1 fully saturated rings. The number of aromatic nitrogens is 2. The minimum Gasteiger partial charge on any atom is -0.315 e. The van der Waals surface area contributed by atoms with Crippen molar-refractivity contribution >= 4 is 0 Å². The molecular formula is C16H19N3. The van der Waals surface area contributed by atoms with Crippen LogP contribution in [0.25, 0.3) is 11.3 Å². The zero-order valence-electron chi connectivity index (χ0n) is 11.7. The smallest absolute Gasteiger partial charge is 0.134 e. The van der Waals surface area contributed by atoms with Gasteiger partial charge in [-0.05, 0) is 44.0 Å². The molecule has 0 bridgehead atoms. The number of hydrogen-bond acceptors (Lipinski definition) is 3. The lowest BCUT2D eigenvalue weighted by molar-refractivity contribution is 0.429. The number of hydrogen-bond donors (Lipinski definition) is 1. The number of nitrogens with zero attached hydrogens (tertiary/aromatic N) is 2. The van der Waals surface area contributed by atoms with E-state index in [0.717, 1.165) is 30.3 Å². The Labute approximate surface area is 114 Å². The van der Waals surface area contributed by atoms with Gasteiger partial charge in [0.2, 0.25) is 0 Å². The molecule has 1 aromatic heterocycles. The van der Waals surface area contributed by atoms with Crippen molar-refractivity contribution < 1.29 is 0 Å². The topological polar surface area (TPSA) is 37.8 Å². The van der Waals surface area contributed by atoms with E-state index in [4.69, 9.17) is 4.98 Å². The summed E-state index contributed by atoms with van der Waals surface area (Å²) in [5.41, 5.74) is 5.89. The van der Waals surface area contributed by atoms with Gasteiger partial charge in [0.1, 0.15) is 5.82 Å². The van der Waals surface area contributed by atoms with Gasteiger partial charge < -0.3 is 5.32 Å². The average molecular weight is 253 g/mol. The summed E-state index contributed by atoms with van der Waals surface area (Å²) in [7, 11) is 0. The van der Waals surface area contributed by atoms with Gasteiger partial charge in [-0.25, -0.2) is 9.97 Å². The Kier molecular flexibility index (Phi) is 3.07. The van der Waals surface area contributed by atoms with Gasteiger partial charge in [-0.1, -0.05) is 12.1 Å². The van der Waals surface area contributed by atoms with Gasteiger partial charge in [0.05, 0.1) is 5.69 Å². The van der Waals surface area contributed by atoms with Crippen LogP contribution < -0.4 is 5.32 Å². The lowest BCUT2D eigenvalue weighted by Crippen LogP contribution is -2.41. The minimum atomic E-state index is 0.477. The number of rotatable bonds is 2. The maximum Gasteiger partial charge on any atom is 0.134 e. The molecule has 3 nitrogen and oxygen atoms in total. The molecule has 0 amide bonds. The van der Waals surface area contributed by atoms with E-state index < -0.39 is 0 Å². The predicted octanol–water partition coefficient (Wildman–Crippen LogP) is 2.76. The van der Waals surface area contributed by atoms with Crippen LogP contribution >= 0.6 is 0 Å². The third-order valence-corrected chi connectivity index (χ3v) is 3.82. The second-order valence-electron chi connectivity index (χ2n) is 5.41. The molecule has 3 rings (SSSR count). The van der Waals surface area contributed by atoms with Crippen LogP contribution in [-0.4, -0.2) is 23.1 Å². The fourth-order valence-electron chi connectivity index (χ4n) is 2.29. The van der Waals surface area contributed by atoms with Crippen LogP contribution in [0.5, 0.6) is 0 Å². The largest absolute Gasteiger partial charge is 0.315 e. The summed E-state index contributed by atoms with van der Waals surface area (Å²) < 4.78 is 0. The van der Waals surface area contributed by atoms with Crippen LogP contribution in [0.4, 0.5) is 0 Å². The quantitative estimate of drug-likeness (QED) is 0.894. The fourth-order valence-corrected chi connectivity index (χ4v) is 2.29. The molecule has 1 aliphatic heterocycles. The molecule has 2 aromatic rings. The Morgan fingerprint density at radius 2 is 1.79 bits per heavy atom. The lowest BCUT2D eigenvalue weighted by Gasteiger charge is -2.26. The Morgan fingerprint density at radius 1 is 1.00 bits per heavy atom. The summed E-state index contributed by atoms with van der Waals surface area (Å²) >= 11 is 0. The van der Waals surface area contributed by atoms with E-state index in [9.17, 15) is 0 Å². The summed E-state index contributed by atoms with van der Waals surface area (Å²) in [5.74, 6) is 1.46. The second kappa shape index (κ2) is 4.74. The number of benzene rings is 1. The molecule has 98 valence electrons. The average Bonchev–Trinajstić information content (AvgIpc) is 2.29. The van der Waals surface area contributed by atoms with Crippen molar-refractivity contribution in [2.45, 2.75) is 26.7 Å². The zero-order valence-corrected chi connectivity index (χ0v) is 11.7. The standard InChI is InChI=1S/C16H19N3/c1-10-4-5-13(6-11(10)2)15-7-12(3)18-16(19-15)14-8-17-9-14/h4-7,14,17H,8-9H2,1-3H3. The van der Waals surface area contributed by atoms with Crippen LogP contribution in [-0.2, 0) is 0 Å². The molecule has 2 heterocycles. The molecule has 0 radical (unpaired) electrons. The lowest BCUT2D eigenvalue weighted by atomic mass is 10.0. The summed E-state index contributed by atoms with van der Waals surface area (Å²) in [4.78, 5) is 9.32. The number of nitrogens with one attached hydrogen (secondary N) is 1. The molecule has 0 atom stereocenters. The van der Waals surface area contributed by atoms with Gasteiger partial charge in [0, 0.05) is 30.3 Å². The fraction of sp³-hybridized carbons (Fsp3) is 0.375. The Hall–Kier alpha value is -1.74. The van der Waals surface area contributed by atoms with Crippen molar-refractivity contribution in [3.8, 4) is 11.3 Å². The summed E-state index contributed by atoms with van der Waals surface area (Å²) in [6.07, 6.45) is 0. The normalized spacial score (nSPS) is 15.3. The third-order valence-electron chi connectivity index (χ3n) is 3.82. The molecule has 0 aliphatic carbocycles. The van der Waals surface area contributed by atoms with E-state index in [1.165, 1.54) is 16.7 Å². The molecule has 0 spiro atoms. The van der Waals surface area contributed by atoms with Crippen molar-refractivity contribution in [1.29, 1.82) is 0 Å². The second-order valence-corrected chi connectivity index (χ2v) is 5.41. The Balaban J connectivity index is 2.03. The van der Waals surface area contributed by atoms with Crippen molar-refractivity contribution in [3.05, 3.63) is 46.9 Å². The van der Waals surface area contributed by atoms with E-state index in [1.54, 1.807) is 0 Å². The van der Waals surface area contributed by atoms with Gasteiger partial charge in [-0.3, -0.25) is 0 Å². The Morgan fingerprint density at radius 3 is 2.42 bits per heavy atom. The zero-order chi connectivity index (χ0) is 13.4. The van der Waals surface area contributed by atoms with Crippen molar-refractivity contribution in [3.63, 3.8) is 0 Å². The van der Waals surface area contributed by atoms with Crippen molar-refractivity contribution in [1.82, 2.24) is 15.3 Å². The van der Waals surface area contributed by atoms with E-state index in [-0.39, 0.29) is 0 Å². The number of aryl methyl sites for hydroxylation is 3. The van der Waals surface area contributed by atoms with Gasteiger partial charge in [-0.15, -0.1) is 0 Å². The van der Waals surface area contributed by atoms with Crippen LogP contribution in [0.2, 0.25) is 0 Å². The first kappa shape index (κ1) is 12.3. The highest BCUT2D eigenvalue weighted by Gasteiger charge is 2.22. The minimum absolute atomic E-state index is 0.477. The molecule has 19 heavy (non-hydrogen) atoms. The van der Waals surface area contributed by atoms with Crippen LogP contribution in [0.1, 0.15) is 28.6 Å². The highest BCUT2D eigenvalue weighted by Crippen LogP contribution is 2.24. The monoisotopic (exact) mass is 253 g/mol. The van der Waals surface area contributed by atoms with Crippen molar-refractivity contribution in [2.75, 3.05) is 13.1 Å². The Bertz CT molecular complexity index is 615. The molecule has 1 aliphatic rings. The maximum atomic E-state index is 4.75. The summed E-state index contributed by atoms with van der Waals surface area (Å²) in [5, 5.41) is 3.27. The van der Waals surface area contributed by atoms with Crippen LogP contribution in [0, 0.1) is 20.8 Å². The SMILES string of the molecule is Cc1cc(-c2ccc(C)c(C)c2)nc(C2CNC2)n1. The highest BCUT2D eigenvalue weighted by atomic mass is 15.0. The van der Waals surface area contributed by atoms with Crippen LogP contribution in [0.15, 0.2) is 24.3 Å². The van der Waals surface area contributed by atoms with Gasteiger partial charge in [0.25, 0.3) is 0 Å². The van der Waals surface area contributed by atoms with Gasteiger partial charge >= 0.3 is 0 Å². The molecule has 3 heteroatoms. The first-order valence-electron chi connectivity index (χ1n) is 6.77. The van der Waals surface area contributed by atoms with Crippen molar-refractivity contribution in [2.24, 2.45) is 0 Å². The van der Waals surface area contributed by atoms with Crippen LogP contribution in [0.3, 0.4) is 0 Å². The molecule has 0 unspecified atom stereocenters.